The van der Waals surface area contributed by atoms with Gasteiger partial charge >= 0.3 is 0 Å². The first kappa shape index (κ1) is 12.5. The molecule has 0 amide bonds. The van der Waals surface area contributed by atoms with Gasteiger partial charge in [0.05, 0.1) is 6.10 Å². The summed E-state index contributed by atoms with van der Waals surface area (Å²) in [5.41, 5.74) is 0. The van der Waals surface area contributed by atoms with Gasteiger partial charge < -0.3 is 4.74 Å². The molecule has 0 N–H and O–H groups in total. The predicted molar refractivity (Wildman–Crippen MR) is 72.3 cm³/mol. The van der Waals surface area contributed by atoms with E-state index >= 15 is 0 Å². The van der Waals surface area contributed by atoms with E-state index in [9.17, 15) is 0 Å². The number of benzene rings is 1. The van der Waals surface area contributed by atoms with Crippen molar-refractivity contribution in [1.82, 2.24) is 0 Å². The Hall–Kier alpha value is -0.980. The summed E-state index contributed by atoms with van der Waals surface area (Å²) in [5.74, 6) is 2.00. The van der Waals surface area contributed by atoms with Crippen LogP contribution < -0.4 is 4.74 Å². The number of para-hydroxylation sites is 1. The molecule has 1 fully saturated rings. The van der Waals surface area contributed by atoms with Gasteiger partial charge in [-0.2, -0.15) is 0 Å². The molecule has 1 nitrogen and oxygen atoms in total. The molecule has 1 aliphatic carbocycles. The van der Waals surface area contributed by atoms with E-state index in [0.717, 1.165) is 11.7 Å². The van der Waals surface area contributed by atoms with Gasteiger partial charge in [-0.3, -0.25) is 0 Å². The summed E-state index contributed by atoms with van der Waals surface area (Å²) in [7, 11) is 0. The van der Waals surface area contributed by atoms with Crippen LogP contribution in [0.4, 0.5) is 0 Å². The summed E-state index contributed by atoms with van der Waals surface area (Å²) in [4.78, 5) is 0. The highest BCUT2D eigenvalue weighted by molar-refractivity contribution is 5.21. The maximum atomic E-state index is 6.01. The summed E-state index contributed by atoms with van der Waals surface area (Å²) >= 11 is 0. The minimum absolute atomic E-state index is 0.454. The molecule has 0 unspecified atom stereocenters. The van der Waals surface area contributed by atoms with Crippen LogP contribution in [-0.4, -0.2) is 6.10 Å². The van der Waals surface area contributed by atoms with Crippen molar-refractivity contribution in [3.05, 3.63) is 30.3 Å². The van der Waals surface area contributed by atoms with Gasteiger partial charge in [0.15, 0.2) is 0 Å². The average molecular weight is 232 g/mol. The van der Waals surface area contributed by atoms with E-state index in [0.29, 0.717) is 6.10 Å². The quantitative estimate of drug-likeness (QED) is 0.707. The first-order valence-corrected chi connectivity index (χ1v) is 7.10. The molecule has 94 valence electrons. The fourth-order valence-electron chi connectivity index (χ4n) is 2.72. The van der Waals surface area contributed by atoms with E-state index in [1.54, 1.807) is 0 Å². The molecule has 1 aromatic carbocycles. The summed E-state index contributed by atoms with van der Waals surface area (Å²) in [6.07, 6.45) is 9.81. The smallest absolute Gasteiger partial charge is 0.119 e. The third-order valence-electron chi connectivity index (χ3n) is 3.81. The molecule has 0 atom stereocenters. The second-order valence-corrected chi connectivity index (χ2v) is 5.22. The molecule has 0 radical (unpaired) electrons. The number of rotatable bonds is 5. The van der Waals surface area contributed by atoms with E-state index in [4.69, 9.17) is 4.74 Å². The molecular weight excluding hydrogens is 208 g/mol. The summed E-state index contributed by atoms with van der Waals surface area (Å²) in [6, 6.07) is 10.2. The van der Waals surface area contributed by atoms with Crippen molar-refractivity contribution in [3.8, 4) is 5.75 Å². The van der Waals surface area contributed by atoms with Gasteiger partial charge in [-0.15, -0.1) is 0 Å². The lowest BCUT2D eigenvalue weighted by Crippen LogP contribution is -2.24. The Morgan fingerprint density at radius 3 is 2.41 bits per heavy atom. The average Bonchev–Trinajstić information content (AvgIpc) is 2.39. The number of unbranched alkanes of at least 4 members (excludes halogenated alkanes) is 1. The van der Waals surface area contributed by atoms with Crippen molar-refractivity contribution < 1.29 is 4.74 Å². The molecule has 1 saturated carbocycles. The molecule has 0 aromatic heterocycles. The Balaban J connectivity index is 1.72. The molecular formula is C16H24O. The highest BCUT2D eigenvalue weighted by Crippen LogP contribution is 2.30. The van der Waals surface area contributed by atoms with E-state index in [2.05, 4.69) is 19.1 Å². The van der Waals surface area contributed by atoms with Crippen LogP contribution in [0, 0.1) is 5.92 Å². The standard InChI is InChI=1S/C16H24O/c1-2-3-7-14-10-12-16(13-11-14)17-15-8-5-4-6-9-15/h4-6,8-9,14,16H,2-3,7,10-13H2,1H3. The number of hydrogen-bond donors (Lipinski definition) is 0. The van der Waals surface area contributed by atoms with E-state index in [1.165, 1.54) is 44.9 Å². The maximum absolute atomic E-state index is 6.01. The van der Waals surface area contributed by atoms with Gasteiger partial charge in [0, 0.05) is 0 Å². The zero-order chi connectivity index (χ0) is 11.9. The van der Waals surface area contributed by atoms with Crippen molar-refractivity contribution >= 4 is 0 Å². The second kappa shape index (κ2) is 6.68. The monoisotopic (exact) mass is 232 g/mol. The Labute approximate surface area is 105 Å². The lowest BCUT2D eigenvalue weighted by Gasteiger charge is -2.29. The highest BCUT2D eigenvalue weighted by atomic mass is 16.5. The summed E-state index contributed by atoms with van der Waals surface area (Å²) in [6.45, 7) is 2.28. The van der Waals surface area contributed by atoms with Gasteiger partial charge in [0.2, 0.25) is 0 Å². The van der Waals surface area contributed by atoms with Crippen LogP contribution in [0.1, 0.15) is 51.9 Å². The lowest BCUT2D eigenvalue weighted by atomic mass is 9.84. The number of hydrogen-bond acceptors (Lipinski definition) is 1. The maximum Gasteiger partial charge on any atom is 0.119 e. The SMILES string of the molecule is CCCCC1CCC(Oc2ccccc2)CC1. The minimum Gasteiger partial charge on any atom is -0.490 e. The van der Waals surface area contributed by atoms with Crippen LogP contribution in [0.5, 0.6) is 5.75 Å². The third kappa shape index (κ3) is 4.07. The Morgan fingerprint density at radius 1 is 1.06 bits per heavy atom. The van der Waals surface area contributed by atoms with E-state index < -0.39 is 0 Å². The number of ether oxygens (including phenoxy) is 1. The summed E-state index contributed by atoms with van der Waals surface area (Å²) < 4.78 is 6.01. The van der Waals surface area contributed by atoms with Crippen LogP contribution >= 0.6 is 0 Å². The third-order valence-corrected chi connectivity index (χ3v) is 3.81. The Bertz CT molecular complexity index is 299. The van der Waals surface area contributed by atoms with E-state index in [1.807, 2.05) is 18.2 Å². The first-order valence-electron chi connectivity index (χ1n) is 7.10. The normalized spacial score (nSPS) is 24.5. The highest BCUT2D eigenvalue weighted by Gasteiger charge is 2.21. The predicted octanol–water partition coefficient (Wildman–Crippen LogP) is 4.81. The van der Waals surface area contributed by atoms with E-state index in [-0.39, 0.29) is 0 Å². The van der Waals surface area contributed by atoms with Crippen molar-refractivity contribution in [2.45, 2.75) is 58.0 Å². The molecule has 2 rings (SSSR count). The van der Waals surface area contributed by atoms with Gasteiger partial charge in [-0.25, -0.2) is 0 Å². The van der Waals surface area contributed by atoms with Gasteiger partial charge in [0.25, 0.3) is 0 Å². The molecule has 0 aliphatic heterocycles. The van der Waals surface area contributed by atoms with Crippen LogP contribution in [-0.2, 0) is 0 Å². The molecule has 17 heavy (non-hydrogen) atoms. The van der Waals surface area contributed by atoms with Gasteiger partial charge in [-0.1, -0.05) is 44.4 Å². The fraction of sp³-hybridized carbons (Fsp3) is 0.625. The summed E-state index contributed by atoms with van der Waals surface area (Å²) in [5, 5.41) is 0. The van der Waals surface area contributed by atoms with Crippen LogP contribution in [0.2, 0.25) is 0 Å². The lowest BCUT2D eigenvalue weighted by molar-refractivity contribution is 0.128. The topological polar surface area (TPSA) is 9.23 Å². The molecule has 0 spiro atoms. The van der Waals surface area contributed by atoms with Crippen LogP contribution in [0.3, 0.4) is 0 Å². The van der Waals surface area contributed by atoms with Crippen molar-refractivity contribution in [3.63, 3.8) is 0 Å². The molecule has 1 heteroatoms. The largest absolute Gasteiger partial charge is 0.490 e. The van der Waals surface area contributed by atoms with Gasteiger partial charge in [-0.05, 0) is 43.7 Å². The molecule has 0 saturated heterocycles. The Kier molecular flexibility index (Phi) is 4.90. The van der Waals surface area contributed by atoms with Crippen molar-refractivity contribution in [2.24, 2.45) is 5.92 Å². The molecule has 1 aliphatic rings. The zero-order valence-corrected chi connectivity index (χ0v) is 10.9. The van der Waals surface area contributed by atoms with Crippen LogP contribution in [0.15, 0.2) is 30.3 Å². The minimum atomic E-state index is 0.454. The second-order valence-electron chi connectivity index (χ2n) is 5.22. The fourth-order valence-corrected chi connectivity index (χ4v) is 2.72. The Morgan fingerprint density at radius 2 is 1.76 bits per heavy atom. The van der Waals surface area contributed by atoms with Crippen molar-refractivity contribution in [1.29, 1.82) is 0 Å². The first-order chi connectivity index (χ1) is 8.38. The van der Waals surface area contributed by atoms with Gasteiger partial charge in [0.1, 0.15) is 5.75 Å². The molecule has 0 heterocycles. The molecule has 0 bridgehead atoms. The zero-order valence-electron chi connectivity index (χ0n) is 10.9. The molecule has 1 aromatic rings. The van der Waals surface area contributed by atoms with Crippen LogP contribution in [0.25, 0.3) is 0 Å². The van der Waals surface area contributed by atoms with Crippen molar-refractivity contribution in [2.75, 3.05) is 0 Å².